The van der Waals surface area contributed by atoms with Gasteiger partial charge in [0.1, 0.15) is 12.2 Å². The Bertz CT molecular complexity index is 549. The second-order valence-corrected chi connectivity index (χ2v) is 8.79. The van der Waals surface area contributed by atoms with Crippen LogP contribution in [0.15, 0.2) is 5.18 Å². The predicted molar refractivity (Wildman–Crippen MR) is 103 cm³/mol. The minimum Gasteiger partial charge on any atom is -0.396 e. The molecule has 0 amide bonds. The van der Waals surface area contributed by atoms with Gasteiger partial charge in [-0.3, -0.25) is 0 Å². The Morgan fingerprint density at radius 1 is 0.862 bits per heavy atom. The Labute approximate surface area is 172 Å². The molecule has 1 N–H and O–H groups in total. The standard InChI is InChI=1S/C20H35NO8/c1-5-17(9-21-23)11-26-19(27-12-17)7-16(25-4)20(8-15(19)24-3)28-13-18(6-2,10-22)14-29-20/h15-16,22H,5-14H2,1-4H3. The summed E-state index contributed by atoms with van der Waals surface area (Å²) in [6, 6.07) is 0. The molecule has 3 fully saturated rings. The van der Waals surface area contributed by atoms with Crippen LogP contribution in [-0.4, -0.2) is 82.7 Å². The van der Waals surface area contributed by atoms with Crippen molar-refractivity contribution < 1.29 is 33.5 Å². The fraction of sp³-hybridized carbons (Fsp3) is 1.00. The lowest BCUT2D eigenvalue weighted by atomic mass is 9.79. The van der Waals surface area contributed by atoms with Crippen molar-refractivity contribution in [3.05, 3.63) is 4.91 Å². The van der Waals surface area contributed by atoms with E-state index in [1.807, 2.05) is 13.8 Å². The molecule has 3 rings (SSSR count). The number of nitrogens with zero attached hydrogens (tertiary/aromatic N) is 1. The van der Waals surface area contributed by atoms with Gasteiger partial charge < -0.3 is 33.5 Å². The van der Waals surface area contributed by atoms with E-state index in [9.17, 15) is 10.0 Å². The maximum atomic E-state index is 10.9. The van der Waals surface area contributed by atoms with E-state index in [1.165, 1.54) is 0 Å². The summed E-state index contributed by atoms with van der Waals surface area (Å²) in [4.78, 5) is 10.9. The molecule has 2 unspecified atom stereocenters. The zero-order valence-corrected chi connectivity index (χ0v) is 18.0. The molecule has 0 aromatic carbocycles. The molecule has 2 atom stereocenters. The van der Waals surface area contributed by atoms with Gasteiger partial charge in [-0.15, -0.1) is 0 Å². The van der Waals surface area contributed by atoms with Gasteiger partial charge in [-0.25, -0.2) is 0 Å². The van der Waals surface area contributed by atoms with Gasteiger partial charge in [0.05, 0.1) is 39.6 Å². The zero-order chi connectivity index (χ0) is 21.2. The quantitative estimate of drug-likeness (QED) is 0.626. The van der Waals surface area contributed by atoms with E-state index in [4.69, 9.17) is 28.4 Å². The average Bonchev–Trinajstić information content (AvgIpc) is 2.78. The Morgan fingerprint density at radius 2 is 1.28 bits per heavy atom. The summed E-state index contributed by atoms with van der Waals surface area (Å²) in [6.07, 6.45) is 1.37. The van der Waals surface area contributed by atoms with Crippen LogP contribution < -0.4 is 0 Å². The average molecular weight is 417 g/mol. The van der Waals surface area contributed by atoms with Gasteiger partial charge in [-0.1, -0.05) is 19.0 Å². The number of hydrogen-bond acceptors (Lipinski definition) is 9. The first kappa shape index (κ1) is 23.0. The molecular formula is C20H35NO8. The van der Waals surface area contributed by atoms with E-state index in [1.54, 1.807) is 14.2 Å². The van der Waals surface area contributed by atoms with E-state index < -0.39 is 34.6 Å². The lowest BCUT2D eigenvalue weighted by molar-refractivity contribution is -0.420. The highest BCUT2D eigenvalue weighted by Crippen LogP contribution is 2.49. The first-order valence-corrected chi connectivity index (χ1v) is 10.4. The first-order valence-electron chi connectivity index (χ1n) is 10.4. The van der Waals surface area contributed by atoms with E-state index in [2.05, 4.69) is 5.18 Å². The fourth-order valence-electron chi connectivity index (χ4n) is 4.44. The third-order valence-corrected chi connectivity index (χ3v) is 7.22. The van der Waals surface area contributed by atoms with Crippen molar-refractivity contribution in [2.75, 3.05) is 53.8 Å². The Balaban J connectivity index is 1.78. The van der Waals surface area contributed by atoms with Gasteiger partial charge in [0.2, 0.25) is 0 Å². The van der Waals surface area contributed by atoms with Crippen molar-refractivity contribution in [1.82, 2.24) is 0 Å². The van der Waals surface area contributed by atoms with Crippen LogP contribution in [0.5, 0.6) is 0 Å². The SMILES string of the molecule is CCC1(CO)COC2(CC(OC)C3(CC2OC)OCC(CC)(CN=O)CO3)OC1. The van der Waals surface area contributed by atoms with Crippen molar-refractivity contribution in [2.45, 2.75) is 63.3 Å². The molecule has 0 radical (unpaired) electrons. The number of rotatable bonds is 7. The number of aliphatic hydroxyl groups excluding tert-OH is 1. The summed E-state index contributed by atoms with van der Waals surface area (Å²) in [7, 11) is 3.23. The lowest BCUT2D eigenvalue weighted by Crippen LogP contribution is -2.69. The molecule has 2 heterocycles. The molecule has 3 aliphatic rings. The number of ether oxygens (including phenoxy) is 6. The van der Waals surface area contributed by atoms with Crippen LogP contribution in [0.25, 0.3) is 0 Å². The predicted octanol–water partition coefficient (Wildman–Crippen LogP) is 1.85. The molecule has 1 saturated carbocycles. The summed E-state index contributed by atoms with van der Waals surface area (Å²) in [5.74, 6) is -1.98. The van der Waals surface area contributed by atoms with Gasteiger partial charge >= 0.3 is 0 Å². The summed E-state index contributed by atoms with van der Waals surface area (Å²) >= 11 is 0. The Kier molecular flexibility index (Phi) is 6.99. The van der Waals surface area contributed by atoms with Gasteiger partial charge in [0.15, 0.2) is 11.6 Å². The molecule has 29 heavy (non-hydrogen) atoms. The second-order valence-electron chi connectivity index (χ2n) is 8.79. The molecule has 9 heteroatoms. The summed E-state index contributed by atoms with van der Waals surface area (Å²) in [6.45, 7) is 5.67. The van der Waals surface area contributed by atoms with Crippen LogP contribution in [0, 0.1) is 15.7 Å². The molecule has 1 aliphatic carbocycles. The van der Waals surface area contributed by atoms with Gasteiger partial charge in [0.25, 0.3) is 0 Å². The van der Waals surface area contributed by atoms with Crippen LogP contribution in [-0.2, 0) is 28.4 Å². The Morgan fingerprint density at radius 3 is 1.59 bits per heavy atom. The second kappa shape index (κ2) is 8.82. The number of aliphatic hydroxyl groups is 1. The summed E-state index contributed by atoms with van der Waals surface area (Å²) in [5, 5.41) is 12.9. The molecule has 0 aromatic rings. The number of nitroso groups, excluding NO2 is 1. The Hall–Kier alpha value is -0.680. The highest BCUT2D eigenvalue weighted by atomic mass is 16.7. The van der Waals surface area contributed by atoms with Crippen molar-refractivity contribution >= 4 is 0 Å². The molecule has 0 aromatic heterocycles. The van der Waals surface area contributed by atoms with Crippen molar-refractivity contribution in [2.24, 2.45) is 16.0 Å². The fourth-order valence-corrected chi connectivity index (χ4v) is 4.44. The molecular weight excluding hydrogens is 382 g/mol. The molecule has 2 spiro atoms. The highest BCUT2D eigenvalue weighted by molar-refractivity contribution is 5.04. The van der Waals surface area contributed by atoms with Crippen molar-refractivity contribution in [3.8, 4) is 0 Å². The van der Waals surface area contributed by atoms with E-state index in [-0.39, 0.29) is 13.2 Å². The number of hydrogen-bond donors (Lipinski definition) is 1. The minimum absolute atomic E-state index is 0.00492. The molecule has 2 saturated heterocycles. The summed E-state index contributed by atoms with van der Waals surface area (Å²) in [5.41, 5.74) is -0.815. The summed E-state index contributed by atoms with van der Waals surface area (Å²) < 4.78 is 36.5. The van der Waals surface area contributed by atoms with Gasteiger partial charge in [-0.2, -0.15) is 4.91 Å². The lowest BCUT2D eigenvalue weighted by Gasteiger charge is -2.57. The molecule has 0 bridgehead atoms. The molecule has 2 aliphatic heterocycles. The normalized spacial score (nSPS) is 45.6. The molecule has 9 nitrogen and oxygen atoms in total. The van der Waals surface area contributed by atoms with Gasteiger partial charge in [0, 0.05) is 37.9 Å². The number of methoxy groups -OCH3 is 2. The van der Waals surface area contributed by atoms with Crippen molar-refractivity contribution in [3.63, 3.8) is 0 Å². The smallest absolute Gasteiger partial charge is 0.197 e. The van der Waals surface area contributed by atoms with Crippen LogP contribution in [0.2, 0.25) is 0 Å². The van der Waals surface area contributed by atoms with Crippen LogP contribution >= 0.6 is 0 Å². The maximum Gasteiger partial charge on any atom is 0.197 e. The van der Waals surface area contributed by atoms with Crippen molar-refractivity contribution in [1.29, 1.82) is 0 Å². The zero-order valence-electron chi connectivity index (χ0n) is 18.0. The topological polar surface area (TPSA) is 105 Å². The third-order valence-electron chi connectivity index (χ3n) is 7.22. The largest absolute Gasteiger partial charge is 0.396 e. The monoisotopic (exact) mass is 417 g/mol. The van der Waals surface area contributed by atoms with Gasteiger partial charge in [-0.05, 0) is 12.8 Å². The van der Waals surface area contributed by atoms with Crippen LogP contribution in [0.1, 0.15) is 39.5 Å². The molecule has 168 valence electrons. The minimum atomic E-state index is -0.995. The third kappa shape index (κ3) is 3.98. The first-order chi connectivity index (χ1) is 13.9. The van der Waals surface area contributed by atoms with E-state index in [0.717, 1.165) is 12.8 Å². The maximum absolute atomic E-state index is 10.9. The van der Waals surface area contributed by atoms with Crippen LogP contribution in [0.4, 0.5) is 0 Å². The van der Waals surface area contributed by atoms with E-state index >= 15 is 0 Å². The highest BCUT2D eigenvalue weighted by Gasteiger charge is 2.62. The van der Waals surface area contributed by atoms with E-state index in [0.29, 0.717) is 39.3 Å². The van der Waals surface area contributed by atoms with Crippen LogP contribution in [0.3, 0.4) is 0 Å².